The number of carbonyl (C=O) groups excluding carboxylic acids is 1. The molecule has 21 heavy (non-hydrogen) atoms. The lowest BCUT2D eigenvalue weighted by Gasteiger charge is -2.07. The Morgan fingerprint density at radius 1 is 1.24 bits per heavy atom. The van der Waals surface area contributed by atoms with Crippen LogP contribution in [0, 0.1) is 11.3 Å². The minimum atomic E-state index is -0.201. The Morgan fingerprint density at radius 2 is 2.00 bits per heavy atom. The fourth-order valence-electron chi connectivity index (χ4n) is 1.73. The first-order valence-electron chi connectivity index (χ1n) is 6.44. The Labute approximate surface area is 126 Å². The summed E-state index contributed by atoms with van der Waals surface area (Å²) in [6, 6.07) is 12.9. The normalized spacial score (nSPS) is 9.90. The highest BCUT2D eigenvalue weighted by Gasteiger charge is 2.04. The lowest BCUT2D eigenvalue weighted by atomic mass is 10.2. The number of nitrogens with zero attached hydrogens (tertiary/aromatic N) is 1. The molecule has 3 N–H and O–H groups in total. The molecule has 1 aromatic carbocycles. The second-order valence-corrected chi connectivity index (χ2v) is 5.46. The number of hydrogen-bond donors (Lipinski definition) is 3. The molecule has 1 amide bonds. The van der Waals surface area contributed by atoms with E-state index in [-0.39, 0.29) is 19.1 Å². The average Bonchev–Trinajstić information content (AvgIpc) is 2.99. The van der Waals surface area contributed by atoms with Crippen molar-refractivity contribution in [2.75, 3.05) is 18.5 Å². The molecule has 6 heteroatoms. The molecular weight excluding hydrogens is 286 g/mol. The summed E-state index contributed by atoms with van der Waals surface area (Å²) >= 11 is 1.46. The van der Waals surface area contributed by atoms with E-state index in [2.05, 4.69) is 16.7 Å². The monoisotopic (exact) mass is 301 g/mol. The summed E-state index contributed by atoms with van der Waals surface area (Å²) in [4.78, 5) is 13.4. The number of aliphatic hydroxyl groups excluding tert-OH is 1. The fourth-order valence-corrected chi connectivity index (χ4v) is 2.48. The largest absolute Gasteiger partial charge is 0.395 e. The van der Waals surface area contributed by atoms with Crippen LogP contribution in [0.2, 0.25) is 0 Å². The van der Waals surface area contributed by atoms with E-state index in [1.807, 2.05) is 18.2 Å². The first kappa shape index (κ1) is 15.0. The highest BCUT2D eigenvalue weighted by molar-refractivity contribution is 7.12. The van der Waals surface area contributed by atoms with Gasteiger partial charge in [-0.05, 0) is 36.4 Å². The molecule has 0 spiro atoms. The smallest absolute Gasteiger partial charge is 0.251 e. The van der Waals surface area contributed by atoms with Crippen molar-refractivity contribution < 1.29 is 9.90 Å². The van der Waals surface area contributed by atoms with Gasteiger partial charge < -0.3 is 15.7 Å². The number of hydrogen-bond acceptors (Lipinski definition) is 5. The highest BCUT2D eigenvalue weighted by atomic mass is 32.1. The van der Waals surface area contributed by atoms with Crippen molar-refractivity contribution in [2.24, 2.45) is 0 Å². The summed E-state index contributed by atoms with van der Waals surface area (Å²) in [5.41, 5.74) is 1.46. The predicted molar refractivity (Wildman–Crippen MR) is 82.2 cm³/mol. The van der Waals surface area contributed by atoms with Crippen LogP contribution in [0.3, 0.4) is 0 Å². The minimum absolute atomic E-state index is 0.0725. The van der Waals surface area contributed by atoms with Crippen molar-refractivity contribution in [1.82, 2.24) is 5.32 Å². The molecule has 2 aromatic rings. The van der Waals surface area contributed by atoms with Crippen LogP contribution < -0.4 is 10.6 Å². The Bertz CT molecular complexity index is 644. The Kier molecular flexibility index (Phi) is 5.32. The number of anilines is 1. The Balaban J connectivity index is 1.90. The molecule has 0 atom stereocenters. The maximum absolute atomic E-state index is 11.7. The number of amides is 1. The number of carbonyl (C=O) groups is 1. The van der Waals surface area contributed by atoms with Gasteiger partial charge in [0.05, 0.1) is 6.61 Å². The molecule has 0 radical (unpaired) electrons. The van der Waals surface area contributed by atoms with Crippen LogP contribution in [0.4, 0.5) is 5.69 Å². The quantitative estimate of drug-likeness (QED) is 0.761. The van der Waals surface area contributed by atoms with Gasteiger partial charge >= 0.3 is 0 Å². The van der Waals surface area contributed by atoms with Crippen LogP contribution >= 0.6 is 11.3 Å². The van der Waals surface area contributed by atoms with E-state index >= 15 is 0 Å². The molecule has 5 nitrogen and oxygen atoms in total. The molecule has 0 saturated heterocycles. The van der Waals surface area contributed by atoms with E-state index in [0.717, 1.165) is 10.6 Å². The van der Waals surface area contributed by atoms with Gasteiger partial charge in [0.25, 0.3) is 5.91 Å². The van der Waals surface area contributed by atoms with E-state index in [9.17, 15) is 4.79 Å². The van der Waals surface area contributed by atoms with Gasteiger partial charge in [0.1, 0.15) is 10.9 Å². The molecule has 0 bridgehead atoms. The van der Waals surface area contributed by atoms with Crippen LogP contribution in [0.5, 0.6) is 0 Å². The summed E-state index contributed by atoms with van der Waals surface area (Å²) in [7, 11) is 0. The van der Waals surface area contributed by atoms with Crippen LogP contribution in [0.1, 0.15) is 20.1 Å². The van der Waals surface area contributed by atoms with Gasteiger partial charge in [-0.1, -0.05) is 0 Å². The minimum Gasteiger partial charge on any atom is -0.395 e. The summed E-state index contributed by atoms with van der Waals surface area (Å²) in [5, 5.41) is 23.3. The van der Waals surface area contributed by atoms with Gasteiger partial charge in [-0.2, -0.15) is 5.26 Å². The third-order valence-corrected chi connectivity index (χ3v) is 3.77. The SMILES string of the molecule is N#Cc1ccc(CNc2ccc(C(=O)NCCO)cc2)s1. The van der Waals surface area contributed by atoms with Crippen molar-refractivity contribution in [3.05, 3.63) is 51.7 Å². The summed E-state index contributed by atoms with van der Waals surface area (Å²) < 4.78 is 0. The highest BCUT2D eigenvalue weighted by Crippen LogP contribution is 2.17. The standard InChI is InChI=1S/C15H15N3O2S/c16-9-13-5-6-14(21-13)10-18-12-3-1-11(2-4-12)15(20)17-7-8-19/h1-6,18-19H,7-8,10H2,(H,17,20). The number of nitriles is 1. The van der Waals surface area contributed by atoms with E-state index < -0.39 is 0 Å². The van der Waals surface area contributed by atoms with E-state index in [1.54, 1.807) is 18.2 Å². The number of rotatable bonds is 6. The van der Waals surface area contributed by atoms with Crippen molar-refractivity contribution in [2.45, 2.75) is 6.54 Å². The molecule has 0 aliphatic carbocycles. The topological polar surface area (TPSA) is 85.2 Å². The van der Waals surface area contributed by atoms with E-state index in [0.29, 0.717) is 17.0 Å². The van der Waals surface area contributed by atoms with Gasteiger partial charge in [0.2, 0.25) is 0 Å². The summed E-state index contributed by atoms with van der Waals surface area (Å²) in [6.45, 7) is 0.817. The summed E-state index contributed by atoms with van der Waals surface area (Å²) in [6.07, 6.45) is 0. The van der Waals surface area contributed by atoms with Crippen molar-refractivity contribution in [3.63, 3.8) is 0 Å². The fraction of sp³-hybridized carbons (Fsp3) is 0.200. The zero-order valence-corrected chi connectivity index (χ0v) is 12.1. The van der Waals surface area contributed by atoms with Crippen molar-refractivity contribution in [1.29, 1.82) is 5.26 Å². The average molecular weight is 301 g/mol. The predicted octanol–water partition coefficient (Wildman–Crippen LogP) is 1.95. The molecule has 108 valence electrons. The molecule has 0 saturated carbocycles. The molecule has 0 aliphatic heterocycles. The van der Waals surface area contributed by atoms with E-state index in [4.69, 9.17) is 10.4 Å². The second-order valence-electron chi connectivity index (χ2n) is 4.29. The van der Waals surface area contributed by atoms with Crippen LogP contribution in [-0.4, -0.2) is 24.2 Å². The molecule has 1 heterocycles. The third-order valence-electron chi connectivity index (χ3n) is 2.78. The lowest BCUT2D eigenvalue weighted by Crippen LogP contribution is -2.26. The first-order valence-corrected chi connectivity index (χ1v) is 7.26. The molecule has 0 aliphatic rings. The zero-order chi connectivity index (χ0) is 15.1. The maximum atomic E-state index is 11.7. The number of benzene rings is 1. The number of aliphatic hydroxyl groups is 1. The van der Waals surface area contributed by atoms with Crippen LogP contribution in [-0.2, 0) is 6.54 Å². The van der Waals surface area contributed by atoms with Crippen LogP contribution in [0.15, 0.2) is 36.4 Å². The Morgan fingerprint density at radius 3 is 2.62 bits per heavy atom. The van der Waals surface area contributed by atoms with Crippen LogP contribution in [0.25, 0.3) is 0 Å². The van der Waals surface area contributed by atoms with Crippen molar-refractivity contribution >= 4 is 22.9 Å². The molecular formula is C15H15N3O2S. The molecule has 2 rings (SSSR count). The molecule has 0 unspecified atom stereocenters. The number of nitrogens with one attached hydrogen (secondary N) is 2. The van der Waals surface area contributed by atoms with Gasteiger partial charge in [-0.25, -0.2) is 0 Å². The number of thiophene rings is 1. The molecule has 1 aromatic heterocycles. The van der Waals surface area contributed by atoms with Gasteiger partial charge in [-0.15, -0.1) is 11.3 Å². The van der Waals surface area contributed by atoms with Gasteiger partial charge in [0, 0.05) is 29.2 Å². The van der Waals surface area contributed by atoms with Gasteiger partial charge in [0.15, 0.2) is 0 Å². The third kappa shape index (κ3) is 4.31. The van der Waals surface area contributed by atoms with Gasteiger partial charge in [-0.3, -0.25) is 4.79 Å². The second kappa shape index (κ2) is 7.43. The first-order chi connectivity index (χ1) is 10.2. The van der Waals surface area contributed by atoms with Crippen molar-refractivity contribution in [3.8, 4) is 6.07 Å². The molecule has 0 fully saturated rings. The zero-order valence-electron chi connectivity index (χ0n) is 11.3. The lowest BCUT2D eigenvalue weighted by molar-refractivity contribution is 0.0945. The Hall–Kier alpha value is -2.36. The van der Waals surface area contributed by atoms with E-state index in [1.165, 1.54) is 11.3 Å². The summed E-state index contributed by atoms with van der Waals surface area (Å²) in [5.74, 6) is -0.201. The maximum Gasteiger partial charge on any atom is 0.251 e.